The summed E-state index contributed by atoms with van der Waals surface area (Å²) in [6.07, 6.45) is 3.55. The van der Waals surface area contributed by atoms with Gasteiger partial charge >= 0.3 is 0 Å². The van der Waals surface area contributed by atoms with E-state index in [1.807, 2.05) is 51.3 Å². The lowest BCUT2D eigenvalue weighted by molar-refractivity contribution is -0.143. The molecule has 0 spiro atoms. The second kappa shape index (κ2) is 6.80. The van der Waals surface area contributed by atoms with Gasteiger partial charge in [-0.2, -0.15) is 0 Å². The zero-order valence-corrected chi connectivity index (χ0v) is 14.7. The number of carbonyl (C=O) groups excluding carboxylic acids is 2. The van der Waals surface area contributed by atoms with Gasteiger partial charge in [-0.05, 0) is 19.3 Å². The van der Waals surface area contributed by atoms with Crippen LogP contribution in [0.25, 0.3) is 0 Å². The van der Waals surface area contributed by atoms with E-state index in [9.17, 15) is 9.59 Å². The normalized spacial score (nSPS) is 18.8. The molecular formula is C17H32N2O2. The van der Waals surface area contributed by atoms with E-state index in [4.69, 9.17) is 0 Å². The van der Waals surface area contributed by atoms with Crippen LogP contribution in [0.4, 0.5) is 0 Å². The van der Waals surface area contributed by atoms with Crippen molar-refractivity contribution in [1.29, 1.82) is 0 Å². The molecule has 0 N–H and O–H groups in total. The first-order valence-electron chi connectivity index (χ1n) is 8.12. The second-order valence-electron chi connectivity index (χ2n) is 8.15. The minimum atomic E-state index is -0.190. The molecule has 2 saturated heterocycles. The maximum Gasteiger partial charge on any atom is 0.227 e. The van der Waals surface area contributed by atoms with Crippen LogP contribution in [0.2, 0.25) is 0 Å². The molecule has 0 unspecified atom stereocenters. The van der Waals surface area contributed by atoms with Crippen LogP contribution in [0.15, 0.2) is 0 Å². The molecule has 0 saturated carbocycles. The number of amides is 2. The molecule has 0 aromatic heterocycles. The summed E-state index contributed by atoms with van der Waals surface area (Å²) in [6, 6.07) is 0. The second-order valence-corrected chi connectivity index (χ2v) is 8.15. The highest BCUT2D eigenvalue weighted by Crippen LogP contribution is 2.21. The molecule has 2 amide bonds. The fourth-order valence-corrected chi connectivity index (χ4v) is 2.39. The van der Waals surface area contributed by atoms with Gasteiger partial charge in [-0.15, -0.1) is 0 Å². The van der Waals surface area contributed by atoms with E-state index in [0.29, 0.717) is 11.8 Å². The van der Waals surface area contributed by atoms with Crippen molar-refractivity contribution in [2.75, 3.05) is 26.2 Å². The monoisotopic (exact) mass is 296 g/mol. The Morgan fingerprint density at radius 2 is 0.905 bits per heavy atom. The average molecular weight is 296 g/mol. The molecule has 0 aromatic carbocycles. The van der Waals surface area contributed by atoms with Gasteiger partial charge in [0, 0.05) is 37.0 Å². The Hall–Kier alpha value is -1.06. The third-order valence-electron chi connectivity index (χ3n) is 3.82. The maximum absolute atomic E-state index is 11.6. The largest absolute Gasteiger partial charge is 0.342 e. The summed E-state index contributed by atoms with van der Waals surface area (Å²) in [5.41, 5.74) is -0.370. The lowest BCUT2D eigenvalue weighted by Crippen LogP contribution is -2.47. The Kier molecular flexibility index (Phi) is 5.83. The highest BCUT2D eigenvalue weighted by Gasteiger charge is 2.30. The quantitative estimate of drug-likeness (QED) is 0.689. The van der Waals surface area contributed by atoms with Crippen molar-refractivity contribution in [2.45, 2.75) is 60.8 Å². The predicted molar refractivity (Wildman–Crippen MR) is 85.9 cm³/mol. The van der Waals surface area contributed by atoms with Crippen LogP contribution in [0.3, 0.4) is 0 Å². The molecule has 4 nitrogen and oxygen atoms in total. The van der Waals surface area contributed by atoms with Crippen LogP contribution >= 0.6 is 0 Å². The molecule has 0 atom stereocenters. The van der Waals surface area contributed by atoms with Gasteiger partial charge < -0.3 is 9.80 Å². The SMILES string of the molecule is CC(C)(C)C(=O)N1CCC1.CC(C)(C)C(=O)N1CCCC1. The number of hydrogen-bond donors (Lipinski definition) is 0. The third-order valence-corrected chi connectivity index (χ3v) is 3.82. The van der Waals surface area contributed by atoms with E-state index in [0.717, 1.165) is 26.2 Å². The molecule has 21 heavy (non-hydrogen) atoms. The van der Waals surface area contributed by atoms with Gasteiger partial charge in [0.2, 0.25) is 11.8 Å². The Morgan fingerprint density at radius 1 is 0.619 bits per heavy atom. The van der Waals surface area contributed by atoms with Crippen molar-refractivity contribution < 1.29 is 9.59 Å². The van der Waals surface area contributed by atoms with E-state index < -0.39 is 0 Å². The van der Waals surface area contributed by atoms with Crippen molar-refractivity contribution in [1.82, 2.24) is 9.80 Å². The van der Waals surface area contributed by atoms with Crippen molar-refractivity contribution in [3.63, 3.8) is 0 Å². The van der Waals surface area contributed by atoms with Crippen molar-refractivity contribution >= 4 is 11.8 Å². The van der Waals surface area contributed by atoms with Gasteiger partial charge in [-0.1, -0.05) is 41.5 Å². The fraction of sp³-hybridized carbons (Fsp3) is 0.882. The standard InChI is InChI=1S/C9H17NO.C8H15NO/c1-9(2,3)8(11)10-6-4-5-7-10;1-8(2,3)7(10)9-5-4-6-9/h4-7H2,1-3H3;4-6H2,1-3H3. The number of rotatable bonds is 0. The smallest absolute Gasteiger partial charge is 0.227 e. The summed E-state index contributed by atoms with van der Waals surface area (Å²) in [7, 11) is 0. The molecule has 2 fully saturated rings. The summed E-state index contributed by atoms with van der Waals surface area (Å²) in [5.74, 6) is 0.591. The summed E-state index contributed by atoms with van der Waals surface area (Å²) < 4.78 is 0. The molecular weight excluding hydrogens is 264 g/mol. The van der Waals surface area contributed by atoms with E-state index in [2.05, 4.69) is 0 Å². The molecule has 2 aliphatic rings. The van der Waals surface area contributed by atoms with Gasteiger partial charge in [0.15, 0.2) is 0 Å². The number of carbonyl (C=O) groups is 2. The summed E-state index contributed by atoms with van der Waals surface area (Å²) in [5, 5.41) is 0. The number of nitrogens with zero attached hydrogens (tertiary/aromatic N) is 2. The number of hydrogen-bond acceptors (Lipinski definition) is 2. The lowest BCUT2D eigenvalue weighted by atomic mass is 9.93. The van der Waals surface area contributed by atoms with Crippen LogP contribution in [-0.4, -0.2) is 47.8 Å². The Morgan fingerprint density at radius 3 is 1.10 bits per heavy atom. The molecule has 2 rings (SSSR count). The van der Waals surface area contributed by atoms with Crippen LogP contribution in [0.5, 0.6) is 0 Å². The van der Waals surface area contributed by atoms with Gasteiger partial charge in [-0.3, -0.25) is 9.59 Å². The Bertz CT molecular complexity index is 367. The zero-order chi connectivity index (χ0) is 16.3. The van der Waals surface area contributed by atoms with E-state index in [-0.39, 0.29) is 10.8 Å². The van der Waals surface area contributed by atoms with Crippen LogP contribution in [0.1, 0.15) is 60.8 Å². The molecule has 0 aromatic rings. The molecule has 2 heterocycles. The van der Waals surface area contributed by atoms with E-state index in [1.54, 1.807) is 0 Å². The first-order chi connectivity index (χ1) is 9.53. The third kappa shape index (κ3) is 5.33. The molecule has 0 aliphatic carbocycles. The molecule has 122 valence electrons. The Labute approximate surface area is 129 Å². The topological polar surface area (TPSA) is 40.6 Å². The van der Waals surface area contributed by atoms with E-state index >= 15 is 0 Å². The molecule has 2 aliphatic heterocycles. The van der Waals surface area contributed by atoms with Gasteiger partial charge in [0.1, 0.15) is 0 Å². The predicted octanol–water partition coefficient (Wildman–Crippen LogP) is 2.92. The van der Waals surface area contributed by atoms with Crippen molar-refractivity contribution in [3.05, 3.63) is 0 Å². The van der Waals surface area contributed by atoms with Gasteiger partial charge in [0.05, 0.1) is 0 Å². The Balaban J connectivity index is 0.000000211. The maximum atomic E-state index is 11.6. The van der Waals surface area contributed by atoms with Crippen molar-refractivity contribution in [2.24, 2.45) is 10.8 Å². The van der Waals surface area contributed by atoms with Crippen LogP contribution < -0.4 is 0 Å². The fourth-order valence-electron chi connectivity index (χ4n) is 2.39. The first kappa shape index (κ1) is 18.0. The summed E-state index contributed by atoms with van der Waals surface area (Å²) in [6.45, 7) is 15.7. The minimum Gasteiger partial charge on any atom is -0.342 e. The first-order valence-corrected chi connectivity index (χ1v) is 8.12. The van der Waals surface area contributed by atoms with Gasteiger partial charge in [-0.25, -0.2) is 0 Å². The zero-order valence-electron chi connectivity index (χ0n) is 14.7. The molecule has 4 heteroatoms. The van der Waals surface area contributed by atoms with Crippen LogP contribution in [0, 0.1) is 10.8 Å². The highest BCUT2D eigenvalue weighted by atomic mass is 16.2. The lowest BCUT2D eigenvalue weighted by Gasteiger charge is -2.35. The minimum absolute atomic E-state index is 0.180. The average Bonchev–Trinajstić information content (AvgIpc) is 2.77. The van der Waals surface area contributed by atoms with Crippen LogP contribution in [-0.2, 0) is 9.59 Å². The molecule has 0 bridgehead atoms. The summed E-state index contributed by atoms with van der Waals surface area (Å²) >= 11 is 0. The van der Waals surface area contributed by atoms with Crippen molar-refractivity contribution in [3.8, 4) is 0 Å². The molecule has 0 radical (unpaired) electrons. The van der Waals surface area contributed by atoms with Gasteiger partial charge in [0.25, 0.3) is 0 Å². The number of likely N-dealkylation sites (tertiary alicyclic amines) is 2. The van der Waals surface area contributed by atoms with E-state index in [1.165, 1.54) is 19.3 Å². The summed E-state index contributed by atoms with van der Waals surface area (Å²) in [4.78, 5) is 26.9. The highest BCUT2D eigenvalue weighted by molar-refractivity contribution is 5.82.